The maximum atomic E-state index is 12.6. The lowest BCUT2D eigenvalue weighted by molar-refractivity contribution is -0.138. The summed E-state index contributed by atoms with van der Waals surface area (Å²) in [6, 6.07) is 18.3. The van der Waals surface area contributed by atoms with Gasteiger partial charge in [0.1, 0.15) is 0 Å². The van der Waals surface area contributed by atoms with Gasteiger partial charge in [0.05, 0.1) is 5.92 Å². The van der Waals surface area contributed by atoms with Gasteiger partial charge in [-0.15, -0.1) is 11.8 Å². The van der Waals surface area contributed by atoms with Gasteiger partial charge in [-0.25, -0.2) is 0 Å². The molecule has 0 saturated carbocycles. The molecule has 1 saturated heterocycles. The minimum absolute atomic E-state index is 0.0433. The highest BCUT2D eigenvalue weighted by Crippen LogP contribution is 2.19. The number of hydrogen-bond acceptors (Lipinski definition) is 3. The van der Waals surface area contributed by atoms with E-state index in [4.69, 9.17) is 0 Å². The molecule has 1 aliphatic heterocycles. The van der Waals surface area contributed by atoms with Gasteiger partial charge in [0.25, 0.3) is 0 Å². The Morgan fingerprint density at radius 1 is 1.15 bits per heavy atom. The molecule has 4 nitrogen and oxygen atoms in total. The summed E-state index contributed by atoms with van der Waals surface area (Å²) in [6.07, 6.45) is 3.95. The van der Waals surface area contributed by atoms with Crippen molar-refractivity contribution in [1.82, 2.24) is 10.2 Å². The standard InChI is InChI=1S/C22H26N2O2S/c1-27-20-9-5-8-18(14-20)15-23-22(26)19-10-11-21(25)24(16-19)13-12-17-6-3-2-4-7-17/h2-9,14,19H,10-13,15-16H2,1H3,(H,23,26). The van der Waals surface area contributed by atoms with Crippen LogP contribution in [0.4, 0.5) is 0 Å². The number of carbonyl (C=O) groups excluding carboxylic acids is 2. The summed E-state index contributed by atoms with van der Waals surface area (Å²) in [6.45, 7) is 1.71. The lowest BCUT2D eigenvalue weighted by atomic mass is 9.96. The summed E-state index contributed by atoms with van der Waals surface area (Å²) in [5, 5.41) is 3.04. The molecule has 1 fully saturated rings. The second kappa shape index (κ2) is 9.60. The fourth-order valence-corrected chi connectivity index (χ4v) is 3.85. The van der Waals surface area contributed by atoms with Crippen molar-refractivity contribution in [3.05, 3.63) is 65.7 Å². The van der Waals surface area contributed by atoms with Crippen molar-refractivity contribution >= 4 is 23.6 Å². The summed E-state index contributed by atoms with van der Waals surface area (Å²) in [7, 11) is 0. The largest absolute Gasteiger partial charge is 0.352 e. The molecular formula is C22H26N2O2S. The molecule has 2 amide bonds. The number of rotatable bonds is 7. The maximum absolute atomic E-state index is 12.6. The zero-order chi connectivity index (χ0) is 19.1. The Bertz CT molecular complexity index is 779. The number of carbonyl (C=O) groups is 2. The lowest BCUT2D eigenvalue weighted by Gasteiger charge is -2.32. The van der Waals surface area contributed by atoms with E-state index in [0.29, 0.717) is 32.5 Å². The SMILES string of the molecule is CSc1cccc(CNC(=O)C2CCC(=O)N(CCc3ccccc3)C2)c1. The van der Waals surface area contributed by atoms with Gasteiger partial charge >= 0.3 is 0 Å². The smallest absolute Gasteiger partial charge is 0.225 e. The van der Waals surface area contributed by atoms with Crippen molar-refractivity contribution < 1.29 is 9.59 Å². The van der Waals surface area contributed by atoms with Crippen molar-refractivity contribution in [3.8, 4) is 0 Å². The predicted octanol–water partition coefficient (Wildman–Crippen LogP) is 3.51. The predicted molar refractivity (Wildman–Crippen MR) is 110 cm³/mol. The summed E-state index contributed by atoms with van der Waals surface area (Å²) >= 11 is 1.69. The van der Waals surface area contributed by atoms with Crippen molar-refractivity contribution in [3.63, 3.8) is 0 Å². The second-order valence-corrected chi connectivity index (χ2v) is 7.76. The van der Waals surface area contributed by atoms with E-state index in [-0.39, 0.29) is 17.7 Å². The Balaban J connectivity index is 1.51. The fraction of sp³-hybridized carbons (Fsp3) is 0.364. The summed E-state index contributed by atoms with van der Waals surface area (Å²) in [5.74, 6) is 0.0756. The zero-order valence-electron chi connectivity index (χ0n) is 15.7. The van der Waals surface area contributed by atoms with Gasteiger partial charge in [-0.2, -0.15) is 0 Å². The van der Waals surface area contributed by atoms with E-state index in [1.807, 2.05) is 41.5 Å². The number of nitrogens with zero attached hydrogens (tertiary/aromatic N) is 1. The maximum Gasteiger partial charge on any atom is 0.225 e. The fourth-order valence-electron chi connectivity index (χ4n) is 3.37. The number of amides is 2. The highest BCUT2D eigenvalue weighted by atomic mass is 32.2. The van der Waals surface area contributed by atoms with Crippen LogP contribution in [0.15, 0.2) is 59.5 Å². The molecule has 1 N–H and O–H groups in total. The molecule has 27 heavy (non-hydrogen) atoms. The third-order valence-electron chi connectivity index (χ3n) is 4.99. The second-order valence-electron chi connectivity index (χ2n) is 6.88. The zero-order valence-corrected chi connectivity index (χ0v) is 16.5. The van der Waals surface area contributed by atoms with E-state index in [0.717, 1.165) is 12.0 Å². The molecular weight excluding hydrogens is 356 g/mol. The van der Waals surface area contributed by atoms with E-state index in [2.05, 4.69) is 29.6 Å². The minimum atomic E-state index is -0.123. The van der Waals surface area contributed by atoms with Crippen LogP contribution in [0.25, 0.3) is 0 Å². The van der Waals surface area contributed by atoms with Gasteiger partial charge < -0.3 is 10.2 Å². The van der Waals surface area contributed by atoms with Gasteiger partial charge in [0, 0.05) is 31.0 Å². The lowest BCUT2D eigenvalue weighted by Crippen LogP contribution is -2.46. The van der Waals surface area contributed by atoms with Crippen LogP contribution in [-0.2, 0) is 22.6 Å². The number of nitrogens with one attached hydrogen (secondary N) is 1. The van der Waals surface area contributed by atoms with Gasteiger partial charge in [-0.3, -0.25) is 9.59 Å². The quantitative estimate of drug-likeness (QED) is 0.746. The molecule has 1 atom stereocenters. The molecule has 2 aromatic rings. The minimum Gasteiger partial charge on any atom is -0.352 e. The van der Waals surface area contributed by atoms with Gasteiger partial charge in [0.2, 0.25) is 11.8 Å². The van der Waals surface area contributed by atoms with Crippen molar-refractivity contribution in [1.29, 1.82) is 0 Å². The molecule has 0 spiro atoms. The Morgan fingerprint density at radius 2 is 1.93 bits per heavy atom. The molecule has 2 aromatic carbocycles. The normalized spacial score (nSPS) is 17.0. The molecule has 142 valence electrons. The van der Waals surface area contributed by atoms with Crippen LogP contribution in [0, 0.1) is 5.92 Å². The molecule has 0 aromatic heterocycles. The van der Waals surface area contributed by atoms with E-state index < -0.39 is 0 Å². The number of hydrogen-bond donors (Lipinski definition) is 1. The molecule has 0 radical (unpaired) electrons. The molecule has 0 bridgehead atoms. The number of likely N-dealkylation sites (tertiary alicyclic amines) is 1. The summed E-state index contributed by atoms with van der Waals surface area (Å²) < 4.78 is 0. The number of benzene rings is 2. The van der Waals surface area contributed by atoms with Gasteiger partial charge in [0.15, 0.2) is 0 Å². The molecule has 5 heteroatoms. The summed E-state index contributed by atoms with van der Waals surface area (Å²) in [4.78, 5) is 27.9. The third kappa shape index (κ3) is 5.60. The first-order chi connectivity index (χ1) is 13.2. The molecule has 3 rings (SSSR count). The first kappa shape index (κ1) is 19.5. The molecule has 0 aliphatic carbocycles. The van der Waals surface area contributed by atoms with Crippen LogP contribution < -0.4 is 5.32 Å². The van der Waals surface area contributed by atoms with Crippen LogP contribution in [0.2, 0.25) is 0 Å². The highest BCUT2D eigenvalue weighted by molar-refractivity contribution is 7.98. The van der Waals surface area contributed by atoms with Crippen LogP contribution in [-0.4, -0.2) is 36.1 Å². The number of thioether (sulfide) groups is 1. The van der Waals surface area contributed by atoms with Gasteiger partial charge in [-0.05, 0) is 42.4 Å². The van der Waals surface area contributed by atoms with Crippen LogP contribution in [0.1, 0.15) is 24.0 Å². The number of piperidine rings is 1. The van der Waals surface area contributed by atoms with Crippen LogP contribution in [0.5, 0.6) is 0 Å². The first-order valence-electron chi connectivity index (χ1n) is 9.38. The Morgan fingerprint density at radius 3 is 2.70 bits per heavy atom. The van der Waals surface area contributed by atoms with E-state index in [1.54, 1.807) is 11.8 Å². The third-order valence-corrected chi connectivity index (χ3v) is 5.71. The van der Waals surface area contributed by atoms with Crippen molar-refractivity contribution in [2.75, 3.05) is 19.3 Å². The van der Waals surface area contributed by atoms with E-state index in [9.17, 15) is 9.59 Å². The molecule has 1 unspecified atom stereocenters. The van der Waals surface area contributed by atoms with Crippen LogP contribution in [0.3, 0.4) is 0 Å². The topological polar surface area (TPSA) is 49.4 Å². The Labute approximate surface area is 165 Å². The van der Waals surface area contributed by atoms with Gasteiger partial charge in [-0.1, -0.05) is 42.5 Å². The monoisotopic (exact) mass is 382 g/mol. The average molecular weight is 383 g/mol. The highest BCUT2D eigenvalue weighted by Gasteiger charge is 2.29. The molecule has 1 aliphatic rings. The van der Waals surface area contributed by atoms with E-state index >= 15 is 0 Å². The summed E-state index contributed by atoms with van der Waals surface area (Å²) in [5.41, 5.74) is 2.31. The first-order valence-corrected chi connectivity index (χ1v) is 10.6. The van der Waals surface area contributed by atoms with E-state index in [1.165, 1.54) is 10.5 Å². The molecule has 1 heterocycles. The average Bonchev–Trinajstić information content (AvgIpc) is 2.72. The van der Waals surface area contributed by atoms with Crippen molar-refractivity contribution in [2.24, 2.45) is 5.92 Å². The van der Waals surface area contributed by atoms with Crippen LogP contribution >= 0.6 is 11.8 Å². The Hall–Kier alpha value is -2.27. The van der Waals surface area contributed by atoms with Crippen molar-refractivity contribution in [2.45, 2.75) is 30.7 Å². The Kier molecular flexibility index (Phi) is 6.93.